The number of carbonyl (C=O) groups excluding carboxylic acids is 1. The highest BCUT2D eigenvalue weighted by Crippen LogP contribution is 2.23. The minimum absolute atomic E-state index is 0. The quantitative estimate of drug-likeness (QED) is 0.860. The first-order chi connectivity index (χ1) is 8.47. The molecule has 1 N–H and O–H groups in total. The Kier molecular flexibility index (Phi) is 5.93. The smallest absolute Gasteiger partial charge is 0.255 e. The minimum Gasteiger partial charge on any atom is -0.336 e. The first-order valence-corrected chi connectivity index (χ1v) is 6.73. The van der Waals surface area contributed by atoms with Gasteiger partial charge in [0.2, 0.25) is 0 Å². The Morgan fingerprint density at radius 2 is 1.84 bits per heavy atom. The van der Waals surface area contributed by atoms with Crippen molar-refractivity contribution in [3.8, 4) is 0 Å². The lowest BCUT2D eigenvalue weighted by atomic mass is 10.1. The lowest BCUT2D eigenvalue weighted by molar-refractivity contribution is 0.0674. The van der Waals surface area contributed by atoms with E-state index in [4.69, 9.17) is 23.2 Å². The molecule has 1 aromatic rings. The number of hydrogen-bond donors (Lipinski definition) is 1. The predicted octanol–water partition coefficient (Wildman–Crippen LogP) is 3.24. The third kappa shape index (κ3) is 3.99. The fourth-order valence-corrected chi connectivity index (χ4v) is 2.82. The van der Waals surface area contributed by atoms with E-state index in [1.54, 1.807) is 18.2 Å². The van der Waals surface area contributed by atoms with Crippen LogP contribution < -0.4 is 5.32 Å². The van der Waals surface area contributed by atoms with Gasteiger partial charge >= 0.3 is 0 Å². The molecule has 2 unspecified atom stereocenters. The van der Waals surface area contributed by atoms with Crippen LogP contribution in [0.4, 0.5) is 0 Å². The predicted molar refractivity (Wildman–Crippen MR) is 81.7 cm³/mol. The number of amides is 1. The van der Waals surface area contributed by atoms with Crippen LogP contribution in [0, 0.1) is 0 Å². The van der Waals surface area contributed by atoms with E-state index in [1.807, 2.05) is 4.90 Å². The highest BCUT2D eigenvalue weighted by atomic mass is 35.5. The summed E-state index contributed by atoms with van der Waals surface area (Å²) >= 11 is 11.9. The molecule has 106 valence electrons. The molecule has 0 spiro atoms. The van der Waals surface area contributed by atoms with Crippen molar-refractivity contribution in [1.29, 1.82) is 0 Å². The normalized spacial score (nSPS) is 22.8. The number of piperazine rings is 1. The van der Waals surface area contributed by atoms with Crippen LogP contribution >= 0.6 is 35.6 Å². The Morgan fingerprint density at radius 1 is 1.26 bits per heavy atom. The molecule has 1 heterocycles. The SMILES string of the molecule is CC1CN(C(=O)c2ccc(Cl)cc2Cl)CC(C)N1.Cl. The van der Waals surface area contributed by atoms with Crippen molar-refractivity contribution in [2.45, 2.75) is 25.9 Å². The molecule has 19 heavy (non-hydrogen) atoms. The molecule has 0 bridgehead atoms. The van der Waals surface area contributed by atoms with Gasteiger partial charge in [0.05, 0.1) is 10.6 Å². The van der Waals surface area contributed by atoms with Crippen molar-refractivity contribution in [3.63, 3.8) is 0 Å². The zero-order valence-corrected chi connectivity index (χ0v) is 13.1. The van der Waals surface area contributed by atoms with Crippen LogP contribution in [0.5, 0.6) is 0 Å². The maximum atomic E-state index is 12.4. The molecule has 1 amide bonds. The van der Waals surface area contributed by atoms with Crippen molar-refractivity contribution in [1.82, 2.24) is 10.2 Å². The summed E-state index contributed by atoms with van der Waals surface area (Å²) in [5, 5.41) is 4.34. The van der Waals surface area contributed by atoms with E-state index in [9.17, 15) is 4.79 Å². The number of benzene rings is 1. The second kappa shape index (κ2) is 6.80. The van der Waals surface area contributed by atoms with Crippen molar-refractivity contribution < 1.29 is 4.79 Å². The molecule has 1 aliphatic rings. The van der Waals surface area contributed by atoms with Crippen LogP contribution in [0.15, 0.2) is 18.2 Å². The van der Waals surface area contributed by atoms with Gasteiger partial charge in [0.15, 0.2) is 0 Å². The Balaban J connectivity index is 0.00000180. The van der Waals surface area contributed by atoms with Crippen LogP contribution in [0.3, 0.4) is 0 Å². The summed E-state index contributed by atoms with van der Waals surface area (Å²) in [6.45, 7) is 5.53. The van der Waals surface area contributed by atoms with Crippen LogP contribution in [-0.2, 0) is 0 Å². The number of hydrogen-bond acceptors (Lipinski definition) is 2. The summed E-state index contributed by atoms with van der Waals surface area (Å²) in [5.74, 6) is -0.0307. The van der Waals surface area contributed by atoms with Crippen LogP contribution in [-0.4, -0.2) is 36.0 Å². The number of halogens is 3. The van der Waals surface area contributed by atoms with Gasteiger partial charge in [-0.2, -0.15) is 0 Å². The molecular weight excluding hydrogens is 307 g/mol. The topological polar surface area (TPSA) is 32.3 Å². The molecular formula is C13H17Cl3N2O. The maximum absolute atomic E-state index is 12.4. The molecule has 1 saturated heterocycles. The molecule has 2 atom stereocenters. The Labute approximate surface area is 129 Å². The Bertz CT molecular complexity index is 457. The van der Waals surface area contributed by atoms with Gasteiger partial charge in [-0.05, 0) is 32.0 Å². The zero-order chi connectivity index (χ0) is 13.3. The van der Waals surface area contributed by atoms with E-state index in [2.05, 4.69) is 19.2 Å². The average Bonchev–Trinajstić information content (AvgIpc) is 2.26. The summed E-state index contributed by atoms with van der Waals surface area (Å²) < 4.78 is 0. The molecule has 1 aromatic carbocycles. The Hall–Kier alpha value is -0.480. The summed E-state index contributed by atoms with van der Waals surface area (Å²) in [6, 6.07) is 5.57. The largest absolute Gasteiger partial charge is 0.336 e. The lowest BCUT2D eigenvalue weighted by Gasteiger charge is -2.36. The maximum Gasteiger partial charge on any atom is 0.255 e. The second-order valence-electron chi connectivity index (χ2n) is 4.80. The average molecular weight is 324 g/mol. The third-order valence-electron chi connectivity index (χ3n) is 3.01. The van der Waals surface area contributed by atoms with Gasteiger partial charge in [0.1, 0.15) is 0 Å². The summed E-state index contributed by atoms with van der Waals surface area (Å²) in [5.41, 5.74) is 0.516. The second-order valence-corrected chi connectivity index (χ2v) is 5.65. The molecule has 0 aliphatic carbocycles. The Morgan fingerprint density at radius 3 is 2.37 bits per heavy atom. The van der Waals surface area contributed by atoms with Crippen molar-refractivity contribution >= 4 is 41.5 Å². The van der Waals surface area contributed by atoms with Gasteiger partial charge in [-0.3, -0.25) is 4.79 Å². The van der Waals surface area contributed by atoms with E-state index >= 15 is 0 Å². The van der Waals surface area contributed by atoms with Gasteiger partial charge in [-0.1, -0.05) is 23.2 Å². The first kappa shape index (κ1) is 16.6. The molecule has 3 nitrogen and oxygen atoms in total. The molecule has 2 rings (SSSR count). The van der Waals surface area contributed by atoms with E-state index in [1.165, 1.54) is 0 Å². The fraction of sp³-hybridized carbons (Fsp3) is 0.462. The van der Waals surface area contributed by atoms with Crippen molar-refractivity contribution in [2.75, 3.05) is 13.1 Å². The highest BCUT2D eigenvalue weighted by Gasteiger charge is 2.26. The van der Waals surface area contributed by atoms with Gasteiger partial charge < -0.3 is 10.2 Å². The van der Waals surface area contributed by atoms with E-state index in [0.29, 0.717) is 40.8 Å². The van der Waals surface area contributed by atoms with Crippen LogP contribution in [0.1, 0.15) is 24.2 Å². The number of nitrogens with zero attached hydrogens (tertiary/aromatic N) is 1. The fourth-order valence-electron chi connectivity index (χ4n) is 2.33. The zero-order valence-electron chi connectivity index (χ0n) is 10.8. The minimum atomic E-state index is -0.0307. The highest BCUT2D eigenvalue weighted by molar-refractivity contribution is 6.36. The van der Waals surface area contributed by atoms with Gasteiger partial charge in [0.25, 0.3) is 5.91 Å². The number of carbonyl (C=O) groups is 1. The molecule has 0 radical (unpaired) electrons. The number of rotatable bonds is 1. The number of nitrogens with one attached hydrogen (secondary N) is 1. The summed E-state index contributed by atoms with van der Waals surface area (Å²) in [7, 11) is 0. The lowest BCUT2D eigenvalue weighted by Crippen LogP contribution is -2.55. The standard InChI is InChI=1S/C13H16Cl2N2O.ClH/c1-8-6-17(7-9(2)16-8)13(18)11-4-3-10(14)5-12(11)15;/h3-5,8-9,16H,6-7H2,1-2H3;1H. The molecule has 0 aromatic heterocycles. The summed E-state index contributed by atoms with van der Waals surface area (Å²) in [4.78, 5) is 14.2. The molecule has 0 saturated carbocycles. The third-order valence-corrected chi connectivity index (χ3v) is 3.55. The molecule has 1 fully saturated rings. The van der Waals surface area contributed by atoms with Crippen molar-refractivity contribution in [2.24, 2.45) is 0 Å². The van der Waals surface area contributed by atoms with Crippen molar-refractivity contribution in [3.05, 3.63) is 33.8 Å². The van der Waals surface area contributed by atoms with E-state index in [0.717, 1.165) is 0 Å². The van der Waals surface area contributed by atoms with Gasteiger partial charge in [-0.15, -0.1) is 12.4 Å². The van der Waals surface area contributed by atoms with Crippen LogP contribution in [0.25, 0.3) is 0 Å². The van der Waals surface area contributed by atoms with E-state index < -0.39 is 0 Å². The van der Waals surface area contributed by atoms with Gasteiger partial charge in [-0.25, -0.2) is 0 Å². The summed E-state index contributed by atoms with van der Waals surface area (Å²) in [6.07, 6.45) is 0. The van der Waals surface area contributed by atoms with Crippen LogP contribution in [0.2, 0.25) is 10.0 Å². The van der Waals surface area contributed by atoms with Gasteiger partial charge in [0, 0.05) is 30.2 Å². The molecule has 1 aliphatic heterocycles. The monoisotopic (exact) mass is 322 g/mol. The molecule has 6 heteroatoms. The van der Waals surface area contributed by atoms with E-state index in [-0.39, 0.29) is 18.3 Å². The first-order valence-electron chi connectivity index (χ1n) is 5.97.